The first-order valence-electron chi connectivity index (χ1n) is 6.42. The molecular formula is C12H26N4O. The molecule has 0 aromatic rings. The van der Waals surface area contributed by atoms with Crippen molar-refractivity contribution >= 4 is 5.96 Å². The highest BCUT2D eigenvalue weighted by atomic mass is 16.5. The third-order valence-corrected chi connectivity index (χ3v) is 3.67. The standard InChI is InChI=1S/C12H26N4O/c1-4-12(6-5-7-12)9-14-11(16-13)15-10(2)8-17-3/h10H,4-9,13H2,1-3H3,(H2,14,15,16). The van der Waals surface area contributed by atoms with E-state index in [2.05, 4.69) is 22.7 Å². The van der Waals surface area contributed by atoms with E-state index in [4.69, 9.17) is 10.6 Å². The number of nitrogens with two attached hydrogens (primary N) is 1. The molecule has 1 aliphatic rings. The molecule has 0 bridgehead atoms. The van der Waals surface area contributed by atoms with Gasteiger partial charge in [-0.2, -0.15) is 0 Å². The van der Waals surface area contributed by atoms with Crippen LogP contribution in [0.25, 0.3) is 0 Å². The summed E-state index contributed by atoms with van der Waals surface area (Å²) in [5.41, 5.74) is 3.04. The van der Waals surface area contributed by atoms with Gasteiger partial charge in [-0.1, -0.05) is 13.3 Å². The molecule has 0 aliphatic heterocycles. The largest absolute Gasteiger partial charge is 0.383 e. The topological polar surface area (TPSA) is 71.7 Å². The van der Waals surface area contributed by atoms with E-state index in [1.165, 1.54) is 25.7 Å². The van der Waals surface area contributed by atoms with Crippen molar-refractivity contribution in [2.45, 2.75) is 45.6 Å². The molecule has 100 valence electrons. The number of aliphatic imine (C=N–C) groups is 1. The number of methoxy groups -OCH3 is 1. The van der Waals surface area contributed by atoms with Gasteiger partial charge < -0.3 is 10.1 Å². The molecule has 0 aromatic carbocycles. The summed E-state index contributed by atoms with van der Waals surface area (Å²) < 4.78 is 5.06. The van der Waals surface area contributed by atoms with Gasteiger partial charge in [0, 0.05) is 19.7 Å². The van der Waals surface area contributed by atoms with Gasteiger partial charge in [-0.05, 0) is 31.6 Å². The van der Waals surface area contributed by atoms with Crippen molar-refractivity contribution in [3.8, 4) is 0 Å². The van der Waals surface area contributed by atoms with E-state index in [-0.39, 0.29) is 6.04 Å². The van der Waals surface area contributed by atoms with Crippen LogP contribution in [-0.4, -0.2) is 32.3 Å². The number of hydrazine groups is 1. The van der Waals surface area contributed by atoms with Gasteiger partial charge in [0.05, 0.1) is 6.61 Å². The minimum Gasteiger partial charge on any atom is -0.383 e. The van der Waals surface area contributed by atoms with Crippen molar-refractivity contribution in [1.82, 2.24) is 10.7 Å². The highest BCUT2D eigenvalue weighted by Crippen LogP contribution is 2.43. The minimum absolute atomic E-state index is 0.203. The van der Waals surface area contributed by atoms with Crippen LogP contribution in [0.4, 0.5) is 0 Å². The van der Waals surface area contributed by atoms with Crippen molar-refractivity contribution in [3.05, 3.63) is 0 Å². The zero-order valence-corrected chi connectivity index (χ0v) is 11.3. The molecule has 0 aromatic heterocycles. The van der Waals surface area contributed by atoms with Gasteiger partial charge in [0.15, 0.2) is 0 Å². The summed E-state index contributed by atoms with van der Waals surface area (Å²) in [4.78, 5) is 4.54. The Morgan fingerprint density at radius 3 is 2.65 bits per heavy atom. The summed E-state index contributed by atoms with van der Waals surface area (Å²) in [5, 5.41) is 3.20. The molecule has 4 N–H and O–H groups in total. The van der Waals surface area contributed by atoms with Gasteiger partial charge in [0.25, 0.3) is 0 Å². The van der Waals surface area contributed by atoms with Crippen molar-refractivity contribution in [3.63, 3.8) is 0 Å². The highest BCUT2D eigenvalue weighted by molar-refractivity contribution is 5.79. The Morgan fingerprint density at radius 2 is 2.24 bits per heavy atom. The Hall–Kier alpha value is -0.810. The zero-order chi connectivity index (χ0) is 12.7. The van der Waals surface area contributed by atoms with Gasteiger partial charge in [0.2, 0.25) is 5.96 Å². The Bertz CT molecular complexity index is 245. The zero-order valence-electron chi connectivity index (χ0n) is 11.3. The third kappa shape index (κ3) is 4.16. The molecule has 0 radical (unpaired) electrons. The Morgan fingerprint density at radius 1 is 1.53 bits per heavy atom. The summed E-state index contributed by atoms with van der Waals surface area (Å²) in [7, 11) is 1.69. The lowest BCUT2D eigenvalue weighted by Crippen LogP contribution is -2.47. The molecule has 1 saturated carbocycles. The first-order valence-corrected chi connectivity index (χ1v) is 6.42. The van der Waals surface area contributed by atoms with Gasteiger partial charge in [-0.3, -0.25) is 10.4 Å². The molecule has 5 nitrogen and oxygen atoms in total. The van der Waals surface area contributed by atoms with Crippen LogP contribution in [0.15, 0.2) is 4.99 Å². The van der Waals surface area contributed by atoms with Crippen LogP contribution in [0.1, 0.15) is 39.5 Å². The maximum Gasteiger partial charge on any atom is 0.206 e. The number of rotatable bonds is 6. The fourth-order valence-corrected chi connectivity index (χ4v) is 2.21. The Labute approximate surface area is 104 Å². The molecular weight excluding hydrogens is 216 g/mol. The number of hydrogen-bond acceptors (Lipinski definition) is 3. The average molecular weight is 242 g/mol. The smallest absolute Gasteiger partial charge is 0.206 e. The van der Waals surface area contributed by atoms with E-state index < -0.39 is 0 Å². The van der Waals surface area contributed by atoms with E-state index in [0.717, 1.165) is 6.54 Å². The molecule has 5 heteroatoms. The van der Waals surface area contributed by atoms with Gasteiger partial charge in [-0.25, -0.2) is 5.84 Å². The normalized spacial score (nSPS) is 20.6. The van der Waals surface area contributed by atoms with Crippen molar-refractivity contribution in [2.24, 2.45) is 16.3 Å². The second-order valence-electron chi connectivity index (χ2n) is 5.02. The Kier molecular flexibility index (Phi) is 5.71. The molecule has 1 atom stereocenters. The molecule has 0 spiro atoms. The monoisotopic (exact) mass is 242 g/mol. The predicted molar refractivity (Wildman–Crippen MR) is 70.7 cm³/mol. The summed E-state index contributed by atoms with van der Waals surface area (Å²) in [5.74, 6) is 6.12. The molecule has 0 heterocycles. The van der Waals surface area contributed by atoms with Crippen LogP contribution >= 0.6 is 0 Å². The van der Waals surface area contributed by atoms with Gasteiger partial charge in [-0.15, -0.1) is 0 Å². The molecule has 1 unspecified atom stereocenters. The minimum atomic E-state index is 0.203. The fraction of sp³-hybridized carbons (Fsp3) is 0.917. The van der Waals surface area contributed by atoms with Gasteiger partial charge in [0.1, 0.15) is 0 Å². The quantitative estimate of drug-likeness (QED) is 0.281. The molecule has 0 saturated heterocycles. The summed E-state index contributed by atoms with van der Waals surface area (Å²) in [6.45, 7) is 5.77. The number of hydrogen-bond donors (Lipinski definition) is 3. The summed E-state index contributed by atoms with van der Waals surface area (Å²) >= 11 is 0. The summed E-state index contributed by atoms with van der Waals surface area (Å²) in [6.07, 6.45) is 5.11. The molecule has 0 amide bonds. The van der Waals surface area contributed by atoms with Crippen molar-refractivity contribution in [1.29, 1.82) is 0 Å². The fourth-order valence-electron chi connectivity index (χ4n) is 2.21. The molecule has 1 aliphatic carbocycles. The number of nitrogens with zero attached hydrogens (tertiary/aromatic N) is 1. The first-order chi connectivity index (χ1) is 8.15. The number of guanidine groups is 1. The second-order valence-corrected chi connectivity index (χ2v) is 5.02. The van der Waals surface area contributed by atoms with Gasteiger partial charge >= 0.3 is 0 Å². The van der Waals surface area contributed by atoms with E-state index in [0.29, 0.717) is 18.0 Å². The van der Waals surface area contributed by atoms with E-state index in [1.807, 2.05) is 6.92 Å². The van der Waals surface area contributed by atoms with Crippen LogP contribution < -0.4 is 16.6 Å². The van der Waals surface area contributed by atoms with Crippen LogP contribution in [0.2, 0.25) is 0 Å². The maximum absolute atomic E-state index is 5.46. The van der Waals surface area contributed by atoms with Crippen LogP contribution in [-0.2, 0) is 4.74 Å². The predicted octanol–water partition coefficient (Wildman–Crippen LogP) is 1.01. The number of ether oxygens (including phenoxy) is 1. The molecule has 17 heavy (non-hydrogen) atoms. The lowest BCUT2D eigenvalue weighted by molar-refractivity contribution is 0.139. The first kappa shape index (κ1) is 14.3. The third-order valence-electron chi connectivity index (χ3n) is 3.67. The number of nitrogens with one attached hydrogen (secondary N) is 2. The lowest BCUT2D eigenvalue weighted by atomic mass is 9.67. The molecule has 1 rings (SSSR count). The second kappa shape index (κ2) is 6.81. The van der Waals surface area contributed by atoms with Crippen molar-refractivity contribution < 1.29 is 4.74 Å². The summed E-state index contributed by atoms with van der Waals surface area (Å²) in [6, 6.07) is 0.203. The highest BCUT2D eigenvalue weighted by Gasteiger charge is 2.34. The SMILES string of the molecule is CCC1(CN=C(NN)NC(C)COC)CCC1. The molecule has 1 fully saturated rings. The van der Waals surface area contributed by atoms with Crippen LogP contribution in [0, 0.1) is 5.41 Å². The van der Waals surface area contributed by atoms with Crippen LogP contribution in [0.5, 0.6) is 0 Å². The average Bonchev–Trinajstić information content (AvgIpc) is 2.27. The Balaban J connectivity index is 2.43. The van der Waals surface area contributed by atoms with E-state index >= 15 is 0 Å². The van der Waals surface area contributed by atoms with Crippen molar-refractivity contribution in [2.75, 3.05) is 20.3 Å². The lowest BCUT2D eigenvalue weighted by Gasteiger charge is -2.40. The van der Waals surface area contributed by atoms with Crippen LogP contribution in [0.3, 0.4) is 0 Å². The van der Waals surface area contributed by atoms with E-state index in [1.54, 1.807) is 7.11 Å². The van der Waals surface area contributed by atoms with E-state index in [9.17, 15) is 0 Å². The maximum atomic E-state index is 5.46.